The van der Waals surface area contributed by atoms with Gasteiger partial charge in [-0.25, -0.2) is 23.6 Å². The maximum Gasteiger partial charge on any atom is 0.414 e. The lowest BCUT2D eigenvalue weighted by atomic mass is 10.2. The predicted molar refractivity (Wildman–Crippen MR) is 116 cm³/mol. The second-order valence-corrected chi connectivity index (χ2v) is 7.23. The van der Waals surface area contributed by atoms with Crippen LogP contribution in [-0.2, 0) is 14.4 Å². The third-order valence-corrected chi connectivity index (χ3v) is 4.75. The molecule has 2 aromatic rings. The van der Waals surface area contributed by atoms with Crippen LogP contribution in [-0.4, -0.2) is 61.3 Å². The van der Waals surface area contributed by atoms with Crippen molar-refractivity contribution >= 4 is 34.9 Å². The maximum atomic E-state index is 14.5. The van der Waals surface area contributed by atoms with Gasteiger partial charge in [0.15, 0.2) is 17.5 Å². The minimum atomic E-state index is -0.918. The summed E-state index contributed by atoms with van der Waals surface area (Å²) in [6.45, 7) is 1.46. The minimum absolute atomic E-state index is 0.000914. The van der Waals surface area contributed by atoms with Gasteiger partial charge in [0.1, 0.15) is 18.0 Å². The van der Waals surface area contributed by atoms with E-state index in [1.54, 1.807) is 0 Å². The van der Waals surface area contributed by atoms with Gasteiger partial charge >= 0.3 is 6.09 Å². The molecule has 3 rings (SSSR count). The van der Waals surface area contributed by atoms with Gasteiger partial charge in [0.2, 0.25) is 5.91 Å². The summed E-state index contributed by atoms with van der Waals surface area (Å²) in [5.41, 5.74) is -0.583. The molecule has 1 aromatic heterocycles. The average molecular weight is 480 g/mol. The molecule has 0 spiro atoms. The number of nitrogens with zero attached hydrogens (tertiary/aromatic N) is 4. The summed E-state index contributed by atoms with van der Waals surface area (Å²) < 4.78 is 34.2. The summed E-state index contributed by atoms with van der Waals surface area (Å²) in [5, 5.41) is 17.0. The molecule has 1 fully saturated rings. The fraction of sp³-hybridized carbons (Fsp3) is 0.350. The standard InChI is InChI=1S/C20H22F2N6O6/c1-12(29)24-10-15-11-27(20(30)34-15)14-7-16(21)19(17(22)8-14)23-5-6-33-26(2)18-4-3-13(9-25-18)28(31)32/h3-4,7-9,15,23H,5-6,10-11H2,1-2H3,(H,24,29)/t15-/m0/s1. The molecule has 2 N–H and O–H groups in total. The predicted octanol–water partition coefficient (Wildman–Crippen LogP) is 2.21. The number of anilines is 3. The third kappa shape index (κ3) is 6.04. The molecule has 1 aromatic carbocycles. The van der Waals surface area contributed by atoms with Gasteiger partial charge in [-0.1, -0.05) is 0 Å². The van der Waals surface area contributed by atoms with Crippen molar-refractivity contribution < 1.29 is 32.9 Å². The van der Waals surface area contributed by atoms with E-state index in [9.17, 15) is 28.5 Å². The summed E-state index contributed by atoms with van der Waals surface area (Å²) in [6.07, 6.45) is -0.330. The van der Waals surface area contributed by atoms with Gasteiger partial charge in [-0.2, -0.15) is 0 Å². The van der Waals surface area contributed by atoms with E-state index >= 15 is 0 Å². The Morgan fingerprint density at radius 3 is 2.68 bits per heavy atom. The quantitative estimate of drug-likeness (QED) is 0.298. The highest BCUT2D eigenvalue weighted by molar-refractivity contribution is 5.90. The van der Waals surface area contributed by atoms with E-state index in [-0.39, 0.29) is 43.5 Å². The van der Waals surface area contributed by atoms with Crippen molar-refractivity contribution in [2.45, 2.75) is 13.0 Å². The molecule has 0 unspecified atom stereocenters. The third-order valence-electron chi connectivity index (χ3n) is 4.75. The van der Waals surface area contributed by atoms with Crippen molar-refractivity contribution in [2.24, 2.45) is 0 Å². The first-order valence-electron chi connectivity index (χ1n) is 10.1. The van der Waals surface area contributed by atoms with E-state index in [0.717, 1.165) is 23.2 Å². The van der Waals surface area contributed by atoms with E-state index in [1.807, 2.05) is 0 Å². The maximum absolute atomic E-state index is 14.5. The normalized spacial score (nSPS) is 15.1. The Labute approximate surface area is 192 Å². The molecule has 1 aliphatic heterocycles. The first-order chi connectivity index (χ1) is 16.2. The van der Waals surface area contributed by atoms with E-state index < -0.39 is 34.4 Å². The molecule has 2 amide bonds. The van der Waals surface area contributed by atoms with Gasteiger partial charge in [-0.15, -0.1) is 0 Å². The highest BCUT2D eigenvalue weighted by atomic mass is 19.1. The van der Waals surface area contributed by atoms with E-state index in [4.69, 9.17) is 9.57 Å². The van der Waals surface area contributed by atoms with Crippen molar-refractivity contribution in [3.8, 4) is 0 Å². The molecule has 0 radical (unpaired) electrons. The van der Waals surface area contributed by atoms with Crippen LogP contribution in [0.25, 0.3) is 0 Å². The number of hydrogen-bond donors (Lipinski definition) is 2. The summed E-state index contributed by atoms with van der Waals surface area (Å²) in [7, 11) is 1.53. The molecule has 0 saturated carbocycles. The number of rotatable bonds is 10. The van der Waals surface area contributed by atoms with Gasteiger partial charge in [0.25, 0.3) is 5.69 Å². The number of carbonyl (C=O) groups is 2. The Morgan fingerprint density at radius 1 is 1.38 bits per heavy atom. The van der Waals surface area contributed by atoms with Crippen molar-refractivity contribution in [2.75, 3.05) is 48.6 Å². The van der Waals surface area contributed by atoms with Crippen LogP contribution in [0.4, 0.5) is 36.5 Å². The number of aromatic nitrogens is 1. The zero-order valence-corrected chi connectivity index (χ0v) is 18.3. The van der Waals surface area contributed by atoms with Crippen molar-refractivity contribution in [3.63, 3.8) is 0 Å². The Kier molecular flexibility index (Phi) is 7.73. The van der Waals surface area contributed by atoms with Crippen molar-refractivity contribution in [1.82, 2.24) is 10.3 Å². The molecule has 12 nitrogen and oxygen atoms in total. The molecular formula is C20H22F2N6O6. The van der Waals surface area contributed by atoms with E-state index in [1.165, 1.54) is 31.2 Å². The summed E-state index contributed by atoms with van der Waals surface area (Å²) in [4.78, 5) is 43.5. The molecule has 2 heterocycles. The van der Waals surface area contributed by atoms with Crippen molar-refractivity contribution in [1.29, 1.82) is 0 Å². The fourth-order valence-electron chi connectivity index (χ4n) is 3.08. The van der Waals surface area contributed by atoms with Gasteiger partial charge in [0.05, 0.1) is 30.3 Å². The van der Waals surface area contributed by atoms with Crippen LogP contribution in [0.5, 0.6) is 0 Å². The lowest BCUT2D eigenvalue weighted by Gasteiger charge is -2.18. The highest BCUT2D eigenvalue weighted by Gasteiger charge is 2.33. The van der Waals surface area contributed by atoms with Crippen LogP contribution >= 0.6 is 0 Å². The summed E-state index contributed by atoms with van der Waals surface area (Å²) >= 11 is 0. The zero-order valence-electron chi connectivity index (χ0n) is 18.3. The Hall–Kier alpha value is -4.07. The van der Waals surface area contributed by atoms with Crippen LogP contribution in [0.15, 0.2) is 30.5 Å². The number of nitro groups is 1. The van der Waals surface area contributed by atoms with Gasteiger partial charge < -0.3 is 15.4 Å². The Balaban J connectivity index is 1.53. The summed E-state index contributed by atoms with van der Waals surface area (Å²) in [5.74, 6) is -1.82. The number of benzene rings is 1. The number of hydroxylamine groups is 1. The van der Waals surface area contributed by atoms with E-state index in [2.05, 4.69) is 15.6 Å². The van der Waals surface area contributed by atoms with Crippen molar-refractivity contribution in [3.05, 3.63) is 52.2 Å². The fourth-order valence-corrected chi connectivity index (χ4v) is 3.08. The van der Waals surface area contributed by atoms with E-state index in [0.29, 0.717) is 5.82 Å². The second kappa shape index (κ2) is 10.7. The Bertz CT molecular complexity index is 1050. The van der Waals surface area contributed by atoms with Crippen LogP contribution in [0.1, 0.15) is 6.92 Å². The lowest BCUT2D eigenvalue weighted by molar-refractivity contribution is -0.385. The molecule has 1 atom stereocenters. The Morgan fingerprint density at radius 2 is 2.09 bits per heavy atom. The number of carbonyl (C=O) groups excluding carboxylic acids is 2. The van der Waals surface area contributed by atoms with Crippen LogP contribution in [0.3, 0.4) is 0 Å². The number of nitrogens with one attached hydrogen (secondary N) is 2. The average Bonchev–Trinajstić information content (AvgIpc) is 3.17. The molecule has 14 heteroatoms. The topological polar surface area (TPSA) is 139 Å². The molecule has 0 aliphatic carbocycles. The van der Waals surface area contributed by atoms with Gasteiger partial charge in [-0.3, -0.25) is 24.6 Å². The first-order valence-corrected chi connectivity index (χ1v) is 10.1. The van der Waals surface area contributed by atoms with Gasteiger partial charge in [-0.05, 0) is 6.07 Å². The van der Waals surface area contributed by atoms with Crippen LogP contribution in [0.2, 0.25) is 0 Å². The smallest absolute Gasteiger partial charge is 0.414 e. The molecule has 34 heavy (non-hydrogen) atoms. The number of halogens is 2. The SMILES string of the molecule is CC(=O)NC[C@H]1CN(c2cc(F)c(NCCON(C)c3ccc([N+](=O)[O-])cn3)c(F)c2)C(=O)O1. The van der Waals surface area contributed by atoms with Crippen LogP contribution in [0, 0.1) is 21.7 Å². The van der Waals surface area contributed by atoms with Crippen LogP contribution < -0.4 is 20.6 Å². The zero-order chi connectivity index (χ0) is 24.8. The first kappa shape index (κ1) is 24.6. The number of pyridine rings is 1. The monoisotopic (exact) mass is 480 g/mol. The summed E-state index contributed by atoms with van der Waals surface area (Å²) in [6, 6.07) is 4.67. The molecule has 1 aliphatic rings. The number of ether oxygens (including phenoxy) is 1. The lowest BCUT2D eigenvalue weighted by Crippen LogP contribution is -2.33. The second-order valence-electron chi connectivity index (χ2n) is 7.23. The number of hydrogen-bond acceptors (Lipinski definition) is 9. The minimum Gasteiger partial charge on any atom is -0.442 e. The molecule has 0 bridgehead atoms. The highest BCUT2D eigenvalue weighted by Crippen LogP contribution is 2.28. The largest absolute Gasteiger partial charge is 0.442 e. The molecule has 182 valence electrons. The number of amides is 2. The van der Waals surface area contributed by atoms with Gasteiger partial charge in [0, 0.05) is 38.7 Å². The molecular weight excluding hydrogens is 458 g/mol. The molecule has 1 saturated heterocycles. The number of cyclic esters (lactones) is 1.